The number of likely N-dealkylation sites (tertiary alicyclic amines) is 1. The predicted octanol–water partition coefficient (Wildman–Crippen LogP) is 2.61. The van der Waals surface area contributed by atoms with Crippen LogP contribution in [0.25, 0.3) is 0 Å². The van der Waals surface area contributed by atoms with Crippen LogP contribution < -0.4 is 14.8 Å². The lowest BCUT2D eigenvalue weighted by Crippen LogP contribution is -2.28. The monoisotopic (exact) mass is 380 g/mol. The van der Waals surface area contributed by atoms with Crippen LogP contribution in [0.15, 0.2) is 42.5 Å². The predicted molar refractivity (Wildman–Crippen MR) is 101 cm³/mol. The molecule has 1 N–H and O–H groups in total. The molecule has 0 radical (unpaired) electrons. The topological polar surface area (TPSA) is 84.9 Å². The van der Waals surface area contributed by atoms with Crippen molar-refractivity contribution in [3.05, 3.63) is 53.6 Å². The van der Waals surface area contributed by atoms with E-state index in [2.05, 4.69) is 5.32 Å². The van der Waals surface area contributed by atoms with E-state index in [1.807, 2.05) is 18.2 Å². The largest absolute Gasteiger partial charge is 0.454 e. The number of nitrogens with one attached hydrogen (secondary N) is 1. The fourth-order valence-electron chi connectivity index (χ4n) is 3.39. The van der Waals surface area contributed by atoms with E-state index in [4.69, 9.17) is 9.47 Å². The Morgan fingerprint density at radius 2 is 1.86 bits per heavy atom. The summed E-state index contributed by atoms with van der Waals surface area (Å²) in [5, 5.41) is 2.82. The number of Topliss-reactive ketones (excluding diaryl/α,β-unsaturated/α-hetero) is 1. The minimum atomic E-state index is -0.408. The van der Waals surface area contributed by atoms with Gasteiger partial charge in [0.2, 0.25) is 18.6 Å². The Balaban J connectivity index is 1.37. The number of nitrogens with zero attached hydrogens (tertiary/aromatic N) is 1. The number of carbonyl (C=O) groups is 3. The van der Waals surface area contributed by atoms with Gasteiger partial charge in [-0.15, -0.1) is 0 Å². The zero-order valence-corrected chi connectivity index (χ0v) is 15.4. The van der Waals surface area contributed by atoms with Crippen molar-refractivity contribution in [1.82, 2.24) is 4.90 Å². The van der Waals surface area contributed by atoms with E-state index < -0.39 is 5.92 Å². The van der Waals surface area contributed by atoms with Gasteiger partial charge in [-0.25, -0.2) is 0 Å². The van der Waals surface area contributed by atoms with E-state index in [0.29, 0.717) is 35.8 Å². The van der Waals surface area contributed by atoms with Crippen molar-refractivity contribution in [1.29, 1.82) is 0 Å². The number of benzene rings is 2. The lowest BCUT2D eigenvalue weighted by molar-refractivity contribution is -0.128. The van der Waals surface area contributed by atoms with Crippen LogP contribution in [-0.2, 0) is 16.1 Å². The minimum absolute atomic E-state index is 0.0292. The Morgan fingerprint density at radius 1 is 1.11 bits per heavy atom. The molecule has 4 rings (SSSR count). The minimum Gasteiger partial charge on any atom is -0.454 e. The summed E-state index contributed by atoms with van der Waals surface area (Å²) >= 11 is 0. The highest BCUT2D eigenvalue weighted by molar-refractivity contribution is 5.98. The number of carbonyl (C=O) groups excluding carboxylic acids is 3. The molecule has 0 saturated carbocycles. The Hall–Kier alpha value is -3.35. The first-order valence-electron chi connectivity index (χ1n) is 9.08. The van der Waals surface area contributed by atoms with Crippen LogP contribution in [0, 0.1) is 5.92 Å². The van der Waals surface area contributed by atoms with Crippen LogP contribution in [0.5, 0.6) is 11.5 Å². The van der Waals surface area contributed by atoms with Crippen LogP contribution in [-0.4, -0.2) is 35.8 Å². The van der Waals surface area contributed by atoms with E-state index in [-0.39, 0.29) is 30.8 Å². The van der Waals surface area contributed by atoms with Gasteiger partial charge in [0.05, 0.1) is 5.92 Å². The van der Waals surface area contributed by atoms with Crippen molar-refractivity contribution in [3.63, 3.8) is 0 Å². The third-order valence-corrected chi connectivity index (χ3v) is 4.95. The summed E-state index contributed by atoms with van der Waals surface area (Å²) in [5.41, 5.74) is 2.12. The number of hydrogen-bond donors (Lipinski definition) is 1. The average Bonchev–Trinajstić information content (AvgIpc) is 3.28. The normalized spacial score (nSPS) is 17.7. The SMILES string of the molecule is CC(=O)c1ccc(NC(=O)C2CC(=O)N(Cc3ccc4c(c3)OCO4)C2)cc1. The summed E-state index contributed by atoms with van der Waals surface area (Å²) < 4.78 is 10.7. The van der Waals surface area contributed by atoms with Gasteiger partial charge in [0.15, 0.2) is 17.3 Å². The van der Waals surface area contributed by atoms with Gasteiger partial charge >= 0.3 is 0 Å². The van der Waals surface area contributed by atoms with Crippen molar-refractivity contribution in [2.45, 2.75) is 19.9 Å². The van der Waals surface area contributed by atoms with Crippen molar-refractivity contribution in [3.8, 4) is 11.5 Å². The molecular formula is C21H20N2O5. The number of rotatable bonds is 5. The molecule has 7 heteroatoms. The fraction of sp³-hybridized carbons (Fsp3) is 0.286. The summed E-state index contributed by atoms with van der Waals surface area (Å²) in [5.74, 6) is 0.686. The second-order valence-electron chi connectivity index (χ2n) is 6.99. The zero-order chi connectivity index (χ0) is 19.7. The molecule has 0 spiro atoms. The number of ether oxygens (including phenoxy) is 2. The van der Waals surface area contributed by atoms with Crippen molar-refractivity contribution < 1.29 is 23.9 Å². The van der Waals surface area contributed by atoms with Gasteiger partial charge in [-0.1, -0.05) is 6.07 Å². The first-order valence-corrected chi connectivity index (χ1v) is 9.08. The molecule has 2 heterocycles. The second kappa shape index (κ2) is 7.34. The van der Waals surface area contributed by atoms with Crippen LogP contribution in [0.2, 0.25) is 0 Å². The van der Waals surface area contributed by atoms with Gasteiger partial charge in [-0.2, -0.15) is 0 Å². The Morgan fingerprint density at radius 3 is 2.61 bits per heavy atom. The summed E-state index contributed by atoms with van der Waals surface area (Å²) in [4.78, 5) is 37.9. The number of ketones is 1. The molecule has 2 aromatic carbocycles. The molecule has 2 aliphatic rings. The summed E-state index contributed by atoms with van der Waals surface area (Å²) in [6.07, 6.45) is 0.182. The molecule has 1 atom stereocenters. The molecule has 0 aromatic heterocycles. The van der Waals surface area contributed by atoms with Gasteiger partial charge in [0.25, 0.3) is 0 Å². The molecule has 2 aromatic rings. The maximum atomic E-state index is 12.5. The highest BCUT2D eigenvalue weighted by atomic mass is 16.7. The summed E-state index contributed by atoms with van der Waals surface area (Å²) in [7, 11) is 0. The zero-order valence-electron chi connectivity index (χ0n) is 15.4. The maximum absolute atomic E-state index is 12.5. The summed E-state index contributed by atoms with van der Waals surface area (Å²) in [6, 6.07) is 12.3. The van der Waals surface area contributed by atoms with Crippen molar-refractivity contribution >= 4 is 23.3 Å². The van der Waals surface area contributed by atoms with Crippen LogP contribution in [0.4, 0.5) is 5.69 Å². The van der Waals surface area contributed by atoms with Gasteiger partial charge in [0.1, 0.15) is 0 Å². The Bertz CT molecular complexity index is 938. The molecular weight excluding hydrogens is 360 g/mol. The highest BCUT2D eigenvalue weighted by Gasteiger charge is 2.34. The first kappa shape index (κ1) is 18.0. The molecule has 1 saturated heterocycles. The molecule has 1 unspecified atom stereocenters. The smallest absolute Gasteiger partial charge is 0.231 e. The quantitative estimate of drug-likeness (QED) is 0.806. The first-order chi connectivity index (χ1) is 13.5. The Kier molecular flexibility index (Phi) is 4.73. The molecule has 2 aliphatic heterocycles. The number of hydrogen-bond acceptors (Lipinski definition) is 5. The molecule has 7 nitrogen and oxygen atoms in total. The fourth-order valence-corrected chi connectivity index (χ4v) is 3.39. The van der Waals surface area contributed by atoms with E-state index in [1.54, 1.807) is 29.2 Å². The molecule has 1 fully saturated rings. The molecule has 144 valence electrons. The summed E-state index contributed by atoms with van der Waals surface area (Å²) in [6.45, 7) is 2.49. The third-order valence-electron chi connectivity index (χ3n) is 4.95. The third kappa shape index (κ3) is 3.69. The van der Waals surface area contributed by atoms with Gasteiger partial charge in [-0.3, -0.25) is 14.4 Å². The standard InChI is InChI=1S/C21H20N2O5/c1-13(24)15-3-5-17(6-4-15)22-21(26)16-9-20(25)23(11-16)10-14-2-7-18-19(8-14)28-12-27-18/h2-8,16H,9-12H2,1H3,(H,22,26). The van der Waals surface area contributed by atoms with Gasteiger partial charge in [0, 0.05) is 30.8 Å². The van der Waals surface area contributed by atoms with Gasteiger partial charge in [-0.05, 0) is 48.9 Å². The van der Waals surface area contributed by atoms with E-state index in [0.717, 1.165) is 5.56 Å². The lowest BCUT2D eigenvalue weighted by atomic mass is 10.1. The van der Waals surface area contributed by atoms with E-state index >= 15 is 0 Å². The van der Waals surface area contributed by atoms with E-state index in [1.165, 1.54) is 6.92 Å². The molecule has 2 amide bonds. The molecule has 0 aliphatic carbocycles. The van der Waals surface area contributed by atoms with E-state index in [9.17, 15) is 14.4 Å². The maximum Gasteiger partial charge on any atom is 0.231 e. The molecule has 0 bridgehead atoms. The molecule has 28 heavy (non-hydrogen) atoms. The highest BCUT2D eigenvalue weighted by Crippen LogP contribution is 2.33. The number of amides is 2. The lowest BCUT2D eigenvalue weighted by Gasteiger charge is -2.17. The van der Waals surface area contributed by atoms with Crippen molar-refractivity contribution in [2.75, 3.05) is 18.7 Å². The average molecular weight is 380 g/mol. The second-order valence-corrected chi connectivity index (χ2v) is 6.99. The Labute approximate surface area is 162 Å². The number of fused-ring (bicyclic) bond motifs is 1. The van der Waals surface area contributed by atoms with Crippen LogP contribution in [0.1, 0.15) is 29.3 Å². The van der Waals surface area contributed by atoms with Crippen molar-refractivity contribution in [2.24, 2.45) is 5.92 Å². The van der Waals surface area contributed by atoms with Crippen LogP contribution in [0.3, 0.4) is 0 Å². The van der Waals surface area contributed by atoms with Crippen LogP contribution >= 0.6 is 0 Å². The van der Waals surface area contributed by atoms with Gasteiger partial charge < -0.3 is 19.7 Å². The number of anilines is 1.